The summed E-state index contributed by atoms with van der Waals surface area (Å²) in [6.07, 6.45) is -0.343. The van der Waals surface area contributed by atoms with Crippen LogP contribution in [0.1, 0.15) is 34.8 Å². The molecule has 1 atom stereocenters. The van der Waals surface area contributed by atoms with Gasteiger partial charge in [0.15, 0.2) is 5.69 Å². The Morgan fingerprint density at radius 1 is 1.00 bits per heavy atom. The van der Waals surface area contributed by atoms with E-state index in [1.807, 2.05) is 67.6 Å². The Labute approximate surface area is 134 Å². The summed E-state index contributed by atoms with van der Waals surface area (Å²) < 4.78 is 5.50. The first-order valence-electron chi connectivity index (χ1n) is 7.40. The molecule has 0 aliphatic heterocycles. The van der Waals surface area contributed by atoms with E-state index in [0.717, 1.165) is 11.3 Å². The van der Waals surface area contributed by atoms with Gasteiger partial charge in [-0.25, -0.2) is 4.79 Å². The highest BCUT2D eigenvalue weighted by Crippen LogP contribution is 2.18. The van der Waals surface area contributed by atoms with Gasteiger partial charge in [-0.05, 0) is 31.5 Å². The molecule has 0 unspecified atom stereocenters. The maximum absolute atomic E-state index is 12.4. The van der Waals surface area contributed by atoms with Gasteiger partial charge in [-0.15, -0.1) is 5.10 Å². The molecule has 0 saturated carbocycles. The molecule has 0 saturated heterocycles. The normalized spacial score (nSPS) is 11.9. The van der Waals surface area contributed by atoms with E-state index in [4.69, 9.17) is 4.74 Å². The lowest BCUT2D eigenvalue weighted by Gasteiger charge is -2.12. The highest BCUT2D eigenvalue weighted by molar-refractivity contribution is 5.88. The molecule has 0 spiro atoms. The largest absolute Gasteiger partial charge is 0.453 e. The van der Waals surface area contributed by atoms with E-state index >= 15 is 0 Å². The maximum Gasteiger partial charge on any atom is 0.361 e. The number of hydrogen-bond donors (Lipinski definition) is 0. The van der Waals surface area contributed by atoms with E-state index < -0.39 is 5.97 Å². The number of aromatic nitrogens is 3. The second kappa shape index (κ2) is 6.44. The number of carbonyl (C=O) groups excluding carboxylic acids is 1. The predicted molar refractivity (Wildman–Crippen MR) is 86.4 cm³/mol. The van der Waals surface area contributed by atoms with E-state index in [0.29, 0.717) is 5.69 Å². The topological polar surface area (TPSA) is 57.0 Å². The van der Waals surface area contributed by atoms with Gasteiger partial charge in [0.1, 0.15) is 6.10 Å². The first-order chi connectivity index (χ1) is 11.1. The van der Waals surface area contributed by atoms with Gasteiger partial charge in [-0.1, -0.05) is 48.5 Å². The van der Waals surface area contributed by atoms with Crippen LogP contribution >= 0.6 is 0 Å². The number of nitrogens with zero attached hydrogens (tertiary/aromatic N) is 3. The van der Waals surface area contributed by atoms with Crippen molar-refractivity contribution in [1.29, 1.82) is 0 Å². The van der Waals surface area contributed by atoms with Gasteiger partial charge >= 0.3 is 5.97 Å². The van der Waals surface area contributed by atoms with Crippen molar-refractivity contribution in [2.45, 2.75) is 20.0 Å². The molecule has 0 amide bonds. The minimum Gasteiger partial charge on any atom is -0.453 e. The summed E-state index contributed by atoms with van der Waals surface area (Å²) in [4.78, 5) is 13.8. The van der Waals surface area contributed by atoms with Crippen LogP contribution in [0.15, 0.2) is 60.7 Å². The van der Waals surface area contributed by atoms with Crippen LogP contribution in [0.25, 0.3) is 5.69 Å². The summed E-state index contributed by atoms with van der Waals surface area (Å²) in [6.45, 7) is 3.58. The zero-order chi connectivity index (χ0) is 16.2. The van der Waals surface area contributed by atoms with Gasteiger partial charge in [-0.2, -0.15) is 9.90 Å². The fourth-order valence-corrected chi connectivity index (χ4v) is 2.25. The summed E-state index contributed by atoms with van der Waals surface area (Å²) in [5.74, 6) is -0.471. The molecule has 2 aromatic carbocycles. The summed E-state index contributed by atoms with van der Waals surface area (Å²) in [7, 11) is 0. The Morgan fingerprint density at radius 2 is 1.61 bits per heavy atom. The van der Waals surface area contributed by atoms with Crippen LogP contribution in [0, 0.1) is 6.92 Å². The molecule has 1 aromatic heterocycles. The number of esters is 1. The summed E-state index contributed by atoms with van der Waals surface area (Å²) in [5, 5.41) is 8.54. The van der Waals surface area contributed by atoms with Crippen molar-refractivity contribution in [3.05, 3.63) is 77.6 Å². The Morgan fingerprint density at radius 3 is 2.26 bits per heavy atom. The van der Waals surface area contributed by atoms with E-state index in [1.165, 1.54) is 4.80 Å². The third-order valence-corrected chi connectivity index (χ3v) is 3.52. The van der Waals surface area contributed by atoms with Gasteiger partial charge < -0.3 is 4.74 Å². The van der Waals surface area contributed by atoms with Crippen molar-refractivity contribution in [2.75, 3.05) is 0 Å². The molecule has 0 aliphatic carbocycles. The first-order valence-corrected chi connectivity index (χ1v) is 7.40. The molecule has 0 radical (unpaired) electrons. The van der Waals surface area contributed by atoms with Crippen molar-refractivity contribution in [1.82, 2.24) is 15.0 Å². The lowest BCUT2D eigenvalue weighted by molar-refractivity contribution is 0.0329. The molecule has 3 rings (SSSR count). The highest BCUT2D eigenvalue weighted by Gasteiger charge is 2.20. The number of hydrogen-bond acceptors (Lipinski definition) is 4. The molecule has 23 heavy (non-hydrogen) atoms. The Balaban J connectivity index is 1.79. The van der Waals surface area contributed by atoms with Crippen LogP contribution in [0.4, 0.5) is 0 Å². The lowest BCUT2D eigenvalue weighted by Crippen LogP contribution is -2.11. The van der Waals surface area contributed by atoms with E-state index in [9.17, 15) is 4.79 Å². The summed E-state index contributed by atoms with van der Waals surface area (Å²) in [6, 6.07) is 19.0. The number of benzene rings is 2. The van der Waals surface area contributed by atoms with Crippen molar-refractivity contribution < 1.29 is 9.53 Å². The first kappa shape index (κ1) is 15.0. The van der Waals surface area contributed by atoms with Gasteiger partial charge in [0, 0.05) is 0 Å². The zero-order valence-electron chi connectivity index (χ0n) is 13.0. The van der Waals surface area contributed by atoms with Crippen molar-refractivity contribution >= 4 is 5.97 Å². The van der Waals surface area contributed by atoms with Crippen LogP contribution in [0.5, 0.6) is 0 Å². The molecule has 5 heteroatoms. The standard InChI is InChI=1S/C18H17N3O2/c1-13-17(20-21(19-13)16-11-7-4-8-12-16)18(22)23-14(2)15-9-5-3-6-10-15/h3-12,14H,1-2H3/t14-/m1/s1. The second-order valence-corrected chi connectivity index (χ2v) is 5.22. The minimum atomic E-state index is -0.471. The minimum absolute atomic E-state index is 0.233. The average Bonchev–Trinajstić information content (AvgIpc) is 2.98. The van der Waals surface area contributed by atoms with Crippen molar-refractivity contribution in [3.63, 3.8) is 0 Å². The molecule has 0 bridgehead atoms. The number of aryl methyl sites for hydroxylation is 1. The van der Waals surface area contributed by atoms with Gasteiger partial charge in [-0.3, -0.25) is 0 Å². The number of ether oxygens (including phenoxy) is 1. The lowest BCUT2D eigenvalue weighted by atomic mass is 10.1. The second-order valence-electron chi connectivity index (χ2n) is 5.22. The van der Waals surface area contributed by atoms with E-state index in [-0.39, 0.29) is 11.8 Å². The highest BCUT2D eigenvalue weighted by atomic mass is 16.5. The Hall–Kier alpha value is -2.95. The SMILES string of the molecule is Cc1nn(-c2ccccc2)nc1C(=O)O[C@H](C)c1ccccc1. The molecular formula is C18H17N3O2. The van der Waals surface area contributed by atoms with Gasteiger partial charge in [0.05, 0.1) is 11.4 Å². The monoisotopic (exact) mass is 307 g/mol. The Bertz CT molecular complexity index is 798. The van der Waals surface area contributed by atoms with Crippen molar-refractivity contribution in [3.8, 4) is 5.69 Å². The average molecular weight is 307 g/mol. The number of rotatable bonds is 4. The van der Waals surface area contributed by atoms with Gasteiger partial charge in [0.2, 0.25) is 0 Å². The van der Waals surface area contributed by atoms with Crippen LogP contribution in [0.3, 0.4) is 0 Å². The molecular weight excluding hydrogens is 290 g/mol. The van der Waals surface area contributed by atoms with Crippen LogP contribution < -0.4 is 0 Å². The van der Waals surface area contributed by atoms with E-state index in [1.54, 1.807) is 6.92 Å². The fraction of sp³-hybridized carbons (Fsp3) is 0.167. The molecule has 5 nitrogen and oxygen atoms in total. The summed E-state index contributed by atoms with van der Waals surface area (Å²) >= 11 is 0. The number of para-hydroxylation sites is 1. The Kier molecular flexibility index (Phi) is 4.19. The molecule has 3 aromatic rings. The van der Waals surface area contributed by atoms with Crippen LogP contribution in [-0.2, 0) is 4.74 Å². The predicted octanol–water partition coefficient (Wildman–Crippen LogP) is 3.49. The summed E-state index contributed by atoms with van der Waals surface area (Å²) in [5.41, 5.74) is 2.51. The molecule has 0 fully saturated rings. The smallest absolute Gasteiger partial charge is 0.361 e. The third kappa shape index (κ3) is 3.29. The molecule has 0 aliphatic rings. The number of carbonyl (C=O) groups is 1. The van der Waals surface area contributed by atoms with Crippen LogP contribution in [0.2, 0.25) is 0 Å². The molecule has 1 heterocycles. The van der Waals surface area contributed by atoms with Crippen LogP contribution in [-0.4, -0.2) is 21.0 Å². The van der Waals surface area contributed by atoms with E-state index in [2.05, 4.69) is 10.2 Å². The molecule has 116 valence electrons. The van der Waals surface area contributed by atoms with Gasteiger partial charge in [0.25, 0.3) is 0 Å². The maximum atomic E-state index is 12.4. The fourth-order valence-electron chi connectivity index (χ4n) is 2.25. The zero-order valence-corrected chi connectivity index (χ0v) is 13.0. The van der Waals surface area contributed by atoms with Crippen molar-refractivity contribution in [2.24, 2.45) is 0 Å². The quantitative estimate of drug-likeness (QED) is 0.692. The third-order valence-electron chi connectivity index (χ3n) is 3.52. The molecule has 0 N–H and O–H groups in total.